The topological polar surface area (TPSA) is 59.8 Å². The van der Waals surface area contributed by atoms with Gasteiger partial charge in [0.2, 0.25) is 0 Å². The molecular weight excluding hydrogens is 258 g/mol. The Bertz CT molecular complexity index is 480. The molecule has 110 valence electrons. The van der Waals surface area contributed by atoms with Crippen LogP contribution >= 0.6 is 0 Å². The van der Waals surface area contributed by atoms with Crippen molar-refractivity contribution < 1.29 is 18.7 Å². The Morgan fingerprint density at radius 1 is 1.40 bits per heavy atom. The van der Waals surface area contributed by atoms with E-state index in [9.17, 15) is 9.59 Å². The van der Waals surface area contributed by atoms with E-state index in [0.717, 1.165) is 31.4 Å². The molecule has 5 nitrogen and oxygen atoms in total. The minimum Gasteiger partial charge on any atom is -0.469 e. The fraction of sp³-hybridized carbons (Fsp3) is 0.600. The van der Waals surface area contributed by atoms with E-state index < -0.39 is 0 Å². The summed E-state index contributed by atoms with van der Waals surface area (Å²) in [5.74, 6) is 0.759. The average Bonchev–Trinajstić information content (AvgIpc) is 2.96. The number of carbonyl (C=O) groups excluding carboxylic acids is 2. The van der Waals surface area contributed by atoms with Gasteiger partial charge >= 0.3 is 5.97 Å². The molecule has 0 unspecified atom stereocenters. The fourth-order valence-corrected chi connectivity index (χ4v) is 2.58. The maximum absolute atomic E-state index is 12.5. The van der Waals surface area contributed by atoms with Crippen molar-refractivity contribution in [2.75, 3.05) is 13.7 Å². The van der Waals surface area contributed by atoms with Crippen molar-refractivity contribution in [3.05, 3.63) is 23.7 Å². The first-order chi connectivity index (χ1) is 9.65. The number of nitrogens with zero attached hydrogens (tertiary/aromatic N) is 1. The van der Waals surface area contributed by atoms with Crippen LogP contribution in [0.4, 0.5) is 0 Å². The lowest BCUT2D eigenvalue weighted by Gasteiger charge is -2.34. The molecule has 2 rings (SSSR count). The van der Waals surface area contributed by atoms with Gasteiger partial charge in [0.15, 0.2) is 5.76 Å². The first-order valence-electron chi connectivity index (χ1n) is 7.12. The highest BCUT2D eigenvalue weighted by Crippen LogP contribution is 2.23. The zero-order chi connectivity index (χ0) is 14.5. The van der Waals surface area contributed by atoms with Crippen LogP contribution in [0.25, 0.3) is 0 Å². The van der Waals surface area contributed by atoms with Crippen LogP contribution < -0.4 is 0 Å². The van der Waals surface area contributed by atoms with E-state index in [1.807, 2.05) is 13.0 Å². The van der Waals surface area contributed by atoms with Crippen molar-refractivity contribution in [2.45, 2.75) is 45.1 Å². The fourth-order valence-electron chi connectivity index (χ4n) is 2.58. The molecule has 0 aromatic carbocycles. The summed E-state index contributed by atoms with van der Waals surface area (Å²) in [6.45, 7) is 2.65. The van der Waals surface area contributed by atoms with Crippen LogP contribution in [-0.2, 0) is 16.0 Å². The number of ether oxygens (including phenoxy) is 1. The smallest absolute Gasteiger partial charge is 0.307 e. The molecule has 1 aromatic heterocycles. The number of likely N-dealkylation sites (tertiary alicyclic amines) is 1. The average molecular weight is 279 g/mol. The Hall–Kier alpha value is -1.78. The van der Waals surface area contributed by atoms with Crippen LogP contribution in [-0.4, -0.2) is 36.5 Å². The predicted octanol–water partition coefficient (Wildman–Crippen LogP) is 2.40. The molecule has 1 amide bonds. The van der Waals surface area contributed by atoms with E-state index >= 15 is 0 Å². The highest BCUT2D eigenvalue weighted by molar-refractivity contribution is 5.92. The molecule has 0 spiro atoms. The van der Waals surface area contributed by atoms with E-state index in [2.05, 4.69) is 0 Å². The van der Waals surface area contributed by atoms with E-state index in [1.165, 1.54) is 7.11 Å². The van der Waals surface area contributed by atoms with E-state index in [1.54, 1.807) is 11.0 Å². The van der Waals surface area contributed by atoms with Crippen molar-refractivity contribution in [1.82, 2.24) is 4.90 Å². The first kappa shape index (κ1) is 14.6. The summed E-state index contributed by atoms with van der Waals surface area (Å²) in [7, 11) is 1.37. The molecule has 5 heteroatoms. The van der Waals surface area contributed by atoms with Crippen molar-refractivity contribution in [3.8, 4) is 0 Å². The van der Waals surface area contributed by atoms with Gasteiger partial charge in [-0.05, 0) is 31.4 Å². The van der Waals surface area contributed by atoms with Gasteiger partial charge in [0.05, 0.1) is 13.5 Å². The molecule has 0 aliphatic carbocycles. The second-order valence-corrected chi connectivity index (χ2v) is 5.05. The molecule has 1 atom stereocenters. The third-order valence-corrected chi connectivity index (χ3v) is 3.74. The number of methoxy groups -OCH3 is 1. The summed E-state index contributed by atoms with van der Waals surface area (Å²) in [5.41, 5.74) is 0. The van der Waals surface area contributed by atoms with Crippen molar-refractivity contribution in [3.63, 3.8) is 0 Å². The zero-order valence-corrected chi connectivity index (χ0v) is 12.1. The Labute approximate surface area is 118 Å². The lowest BCUT2D eigenvalue weighted by molar-refractivity contribution is -0.142. The van der Waals surface area contributed by atoms with Gasteiger partial charge in [0.1, 0.15) is 5.76 Å². The number of aryl methyl sites for hydroxylation is 1. The normalized spacial score (nSPS) is 18.9. The molecule has 20 heavy (non-hydrogen) atoms. The Balaban J connectivity index is 2.10. The summed E-state index contributed by atoms with van der Waals surface area (Å²) >= 11 is 0. The lowest BCUT2D eigenvalue weighted by atomic mass is 9.99. The number of amides is 1. The van der Waals surface area contributed by atoms with Crippen LogP contribution in [0.3, 0.4) is 0 Å². The Morgan fingerprint density at radius 3 is 2.85 bits per heavy atom. The molecular formula is C15H21NO4. The van der Waals surface area contributed by atoms with E-state index in [0.29, 0.717) is 12.3 Å². The van der Waals surface area contributed by atoms with Gasteiger partial charge in [0.25, 0.3) is 5.91 Å². The predicted molar refractivity (Wildman–Crippen MR) is 73.4 cm³/mol. The van der Waals surface area contributed by atoms with E-state index in [4.69, 9.17) is 9.15 Å². The first-order valence-corrected chi connectivity index (χ1v) is 7.12. The van der Waals surface area contributed by atoms with Crippen LogP contribution in [0, 0.1) is 0 Å². The summed E-state index contributed by atoms with van der Waals surface area (Å²) < 4.78 is 10.2. The summed E-state index contributed by atoms with van der Waals surface area (Å²) in [4.78, 5) is 25.7. The molecule has 1 aliphatic rings. The van der Waals surface area contributed by atoms with Crippen LogP contribution in [0.5, 0.6) is 0 Å². The van der Waals surface area contributed by atoms with Crippen molar-refractivity contribution in [1.29, 1.82) is 0 Å². The van der Waals surface area contributed by atoms with E-state index in [-0.39, 0.29) is 24.3 Å². The quantitative estimate of drug-likeness (QED) is 0.794. The molecule has 0 N–H and O–H groups in total. The largest absolute Gasteiger partial charge is 0.469 e. The molecule has 0 radical (unpaired) electrons. The minimum atomic E-state index is -0.275. The zero-order valence-electron chi connectivity index (χ0n) is 12.1. The van der Waals surface area contributed by atoms with Crippen molar-refractivity contribution in [2.24, 2.45) is 0 Å². The highest BCUT2D eigenvalue weighted by Gasteiger charge is 2.30. The minimum absolute atomic E-state index is 0.0844. The molecule has 2 heterocycles. The van der Waals surface area contributed by atoms with Gasteiger partial charge in [-0.15, -0.1) is 0 Å². The van der Waals surface area contributed by atoms with Crippen LogP contribution in [0.15, 0.2) is 16.5 Å². The van der Waals surface area contributed by atoms with Crippen LogP contribution in [0.2, 0.25) is 0 Å². The maximum Gasteiger partial charge on any atom is 0.307 e. The van der Waals surface area contributed by atoms with Gasteiger partial charge in [-0.3, -0.25) is 9.59 Å². The number of esters is 1. The van der Waals surface area contributed by atoms with Gasteiger partial charge in [-0.25, -0.2) is 0 Å². The van der Waals surface area contributed by atoms with Gasteiger partial charge in [0, 0.05) is 19.0 Å². The number of carbonyl (C=O) groups is 2. The number of hydrogen-bond acceptors (Lipinski definition) is 4. The van der Waals surface area contributed by atoms with Crippen molar-refractivity contribution >= 4 is 11.9 Å². The summed E-state index contributed by atoms with van der Waals surface area (Å²) in [6.07, 6.45) is 3.85. The van der Waals surface area contributed by atoms with Gasteiger partial charge in [-0.2, -0.15) is 0 Å². The maximum atomic E-state index is 12.5. The van der Waals surface area contributed by atoms with Gasteiger partial charge in [-0.1, -0.05) is 6.92 Å². The molecule has 0 bridgehead atoms. The molecule has 0 saturated carbocycles. The summed E-state index contributed by atoms with van der Waals surface area (Å²) in [6, 6.07) is 3.45. The number of hydrogen-bond donors (Lipinski definition) is 0. The highest BCUT2D eigenvalue weighted by atomic mass is 16.5. The SMILES string of the molecule is CCc1ccc(C(=O)N2CCCC[C@H]2CC(=O)OC)o1. The number of rotatable bonds is 4. The molecule has 1 fully saturated rings. The van der Waals surface area contributed by atoms with Gasteiger partial charge < -0.3 is 14.1 Å². The summed E-state index contributed by atoms with van der Waals surface area (Å²) in [5, 5.41) is 0. The second-order valence-electron chi connectivity index (χ2n) is 5.05. The lowest BCUT2D eigenvalue weighted by Crippen LogP contribution is -2.44. The molecule has 1 saturated heterocycles. The van der Waals surface area contributed by atoms with Crippen LogP contribution in [0.1, 0.15) is 48.9 Å². The number of furan rings is 1. The molecule has 1 aromatic rings. The monoisotopic (exact) mass is 279 g/mol. The molecule has 1 aliphatic heterocycles. The number of piperidine rings is 1. The standard InChI is InChI=1S/C15H21NO4/c1-3-12-7-8-13(20-12)15(18)16-9-5-4-6-11(16)10-14(17)19-2/h7-8,11H,3-6,9-10H2,1-2H3/t11-/m0/s1. The third kappa shape index (κ3) is 3.21. The Morgan fingerprint density at radius 2 is 2.20 bits per heavy atom. The third-order valence-electron chi connectivity index (χ3n) is 3.74. The Kier molecular flexibility index (Phi) is 4.82. The second kappa shape index (κ2) is 6.59.